The number of carbonyl (C=O) groups is 1. The number of carboxylic acid groups (broad SMARTS) is 1. The van der Waals surface area contributed by atoms with Gasteiger partial charge in [0, 0.05) is 6.42 Å². The first-order valence-electron chi connectivity index (χ1n) is 11.8. The summed E-state index contributed by atoms with van der Waals surface area (Å²) in [5.74, 6) is 1.25. The highest BCUT2D eigenvalue weighted by molar-refractivity contribution is 5.66. The second-order valence-electron chi connectivity index (χ2n) is 11.4. The highest BCUT2D eigenvalue weighted by Crippen LogP contribution is 2.68. The summed E-state index contributed by atoms with van der Waals surface area (Å²) >= 11 is 0. The summed E-state index contributed by atoms with van der Waals surface area (Å²) in [5.41, 5.74) is -0.187. The second-order valence-corrected chi connectivity index (χ2v) is 11.4. The van der Waals surface area contributed by atoms with Crippen LogP contribution in [-0.2, 0) is 4.79 Å². The van der Waals surface area contributed by atoms with E-state index >= 15 is 0 Å². The molecule has 0 bridgehead atoms. The topological polar surface area (TPSA) is 98.0 Å². The summed E-state index contributed by atoms with van der Waals surface area (Å²) in [7, 11) is 0. The van der Waals surface area contributed by atoms with Crippen molar-refractivity contribution in [1.82, 2.24) is 0 Å². The Labute approximate surface area is 174 Å². The molecule has 5 heteroatoms. The molecule has 5 nitrogen and oxygen atoms in total. The van der Waals surface area contributed by atoms with Crippen LogP contribution >= 0.6 is 0 Å². The molecule has 0 heterocycles. The molecule has 4 rings (SSSR count). The van der Waals surface area contributed by atoms with Crippen LogP contribution in [0, 0.1) is 46.3 Å². The van der Waals surface area contributed by atoms with Crippen LogP contribution in [0.3, 0.4) is 0 Å². The van der Waals surface area contributed by atoms with E-state index < -0.39 is 5.97 Å². The van der Waals surface area contributed by atoms with Crippen LogP contribution in [0.15, 0.2) is 0 Å². The van der Waals surface area contributed by atoms with E-state index in [-0.39, 0.29) is 47.4 Å². The maximum Gasteiger partial charge on any atom is 0.303 e. The lowest BCUT2D eigenvalue weighted by Gasteiger charge is -2.63. The minimum absolute atomic E-state index is 0.00309. The number of fused-ring (bicyclic) bond motifs is 5. The maximum atomic E-state index is 11.5. The number of rotatable bonds is 4. The van der Waals surface area contributed by atoms with Gasteiger partial charge in [0.2, 0.25) is 0 Å². The van der Waals surface area contributed by atoms with E-state index in [0.717, 1.165) is 38.5 Å². The fraction of sp³-hybridized carbons (Fsp3) is 0.958. The van der Waals surface area contributed by atoms with Gasteiger partial charge >= 0.3 is 5.97 Å². The van der Waals surface area contributed by atoms with Gasteiger partial charge in [-0.1, -0.05) is 20.8 Å². The number of aliphatic carboxylic acids is 1. The number of aliphatic hydroxyl groups is 3. The fourth-order valence-electron chi connectivity index (χ4n) is 8.76. The van der Waals surface area contributed by atoms with Crippen molar-refractivity contribution in [2.75, 3.05) is 0 Å². The SMILES string of the molecule is C[C@H](CCC(=O)O)[C@H]1CC[C@H]2[C@@H]3C[C@H](O)[C@@H]4C[C@@H](O)CC[C@]4(C)[C@H]3C[C@H](O)[C@]12C. The van der Waals surface area contributed by atoms with Crippen LogP contribution in [0.1, 0.15) is 78.6 Å². The second kappa shape index (κ2) is 7.49. The summed E-state index contributed by atoms with van der Waals surface area (Å²) < 4.78 is 0. The quantitative estimate of drug-likeness (QED) is 0.571. The molecule has 0 saturated heterocycles. The van der Waals surface area contributed by atoms with Gasteiger partial charge in [0.25, 0.3) is 0 Å². The number of hydrogen-bond donors (Lipinski definition) is 4. The molecule has 29 heavy (non-hydrogen) atoms. The van der Waals surface area contributed by atoms with Gasteiger partial charge in [-0.25, -0.2) is 0 Å². The molecule has 0 aliphatic heterocycles. The lowest BCUT2D eigenvalue weighted by atomic mass is 9.43. The smallest absolute Gasteiger partial charge is 0.303 e. The van der Waals surface area contributed by atoms with Crippen LogP contribution < -0.4 is 0 Å². The molecule has 0 aromatic heterocycles. The van der Waals surface area contributed by atoms with Crippen molar-refractivity contribution in [3.63, 3.8) is 0 Å². The van der Waals surface area contributed by atoms with Crippen LogP contribution in [0.5, 0.6) is 0 Å². The molecule has 4 aliphatic rings. The molecule has 0 spiro atoms. The van der Waals surface area contributed by atoms with Crippen molar-refractivity contribution < 1.29 is 25.2 Å². The van der Waals surface area contributed by atoms with Gasteiger partial charge in [0.15, 0.2) is 0 Å². The van der Waals surface area contributed by atoms with Gasteiger partial charge < -0.3 is 20.4 Å². The van der Waals surface area contributed by atoms with Crippen LogP contribution in [0.25, 0.3) is 0 Å². The zero-order chi connectivity index (χ0) is 21.1. The van der Waals surface area contributed by atoms with Crippen LogP contribution in [-0.4, -0.2) is 44.7 Å². The first-order chi connectivity index (χ1) is 13.6. The van der Waals surface area contributed by atoms with E-state index in [1.54, 1.807) is 0 Å². The van der Waals surface area contributed by atoms with E-state index in [2.05, 4.69) is 20.8 Å². The first kappa shape index (κ1) is 21.6. The molecule has 0 radical (unpaired) electrons. The third-order valence-electron chi connectivity index (χ3n) is 10.3. The summed E-state index contributed by atoms with van der Waals surface area (Å²) in [4.78, 5) is 11.1. The third kappa shape index (κ3) is 3.27. The van der Waals surface area contributed by atoms with E-state index in [4.69, 9.17) is 5.11 Å². The van der Waals surface area contributed by atoms with Gasteiger partial charge in [0.1, 0.15) is 0 Å². The lowest BCUT2D eigenvalue weighted by molar-refractivity contribution is -0.202. The molecular weight excluding hydrogens is 368 g/mol. The van der Waals surface area contributed by atoms with E-state index in [9.17, 15) is 20.1 Å². The Balaban J connectivity index is 1.60. The number of carboxylic acids is 1. The van der Waals surface area contributed by atoms with Crippen molar-refractivity contribution in [3.8, 4) is 0 Å². The Bertz CT molecular complexity index is 637. The Kier molecular flexibility index (Phi) is 5.57. The summed E-state index contributed by atoms with van der Waals surface area (Å²) in [5, 5.41) is 41.8. The molecule has 0 amide bonds. The van der Waals surface area contributed by atoms with Gasteiger partial charge in [-0.3, -0.25) is 4.79 Å². The van der Waals surface area contributed by atoms with Gasteiger partial charge in [-0.15, -0.1) is 0 Å². The molecule has 4 aliphatic carbocycles. The number of aliphatic hydroxyl groups excluding tert-OH is 3. The normalized spacial score (nSPS) is 52.9. The highest BCUT2D eigenvalue weighted by atomic mass is 16.4. The number of hydrogen-bond acceptors (Lipinski definition) is 4. The molecule has 0 unspecified atom stereocenters. The molecule has 4 N–H and O–H groups in total. The van der Waals surface area contributed by atoms with Gasteiger partial charge in [-0.05, 0) is 97.7 Å². The predicted octanol–water partition coefficient (Wildman–Crippen LogP) is 3.45. The molecule has 4 fully saturated rings. The first-order valence-corrected chi connectivity index (χ1v) is 11.8. The van der Waals surface area contributed by atoms with Crippen molar-refractivity contribution in [3.05, 3.63) is 0 Å². The zero-order valence-corrected chi connectivity index (χ0v) is 18.3. The molecule has 166 valence electrons. The summed E-state index contributed by atoms with van der Waals surface area (Å²) in [6.45, 7) is 6.72. The Hall–Kier alpha value is -0.650. The van der Waals surface area contributed by atoms with E-state index in [1.165, 1.54) is 0 Å². The molecular formula is C24H40O5. The van der Waals surface area contributed by atoms with Crippen LogP contribution in [0.2, 0.25) is 0 Å². The van der Waals surface area contributed by atoms with Crippen molar-refractivity contribution in [2.45, 2.75) is 96.9 Å². The zero-order valence-electron chi connectivity index (χ0n) is 18.3. The minimum Gasteiger partial charge on any atom is -0.481 e. The van der Waals surface area contributed by atoms with Crippen molar-refractivity contribution in [1.29, 1.82) is 0 Å². The summed E-state index contributed by atoms with van der Waals surface area (Å²) in [6, 6.07) is 0. The van der Waals surface area contributed by atoms with Gasteiger partial charge in [-0.2, -0.15) is 0 Å². The van der Waals surface area contributed by atoms with E-state index in [1.807, 2.05) is 0 Å². The predicted molar refractivity (Wildman–Crippen MR) is 110 cm³/mol. The average molecular weight is 409 g/mol. The van der Waals surface area contributed by atoms with Gasteiger partial charge in [0.05, 0.1) is 18.3 Å². The van der Waals surface area contributed by atoms with Crippen molar-refractivity contribution in [2.24, 2.45) is 46.3 Å². The molecule has 4 saturated carbocycles. The Morgan fingerprint density at radius 2 is 1.72 bits per heavy atom. The monoisotopic (exact) mass is 408 g/mol. The molecule has 0 aromatic rings. The van der Waals surface area contributed by atoms with E-state index in [0.29, 0.717) is 36.5 Å². The maximum absolute atomic E-state index is 11.5. The Morgan fingerprint density at radius 3 is 2.41 bits per heavy atom. The molecule has 0 aromatic carbocycles. The van der Waals surface area contributed by atoms with Crippen molar-refractivity contribution >= 4 is 5.97 Å². The fourth-order valence-corrected chi connectivity index (χ4v) is 8.76. The standard InChI is InChI=1S/C24H40O5/c1-13(4-7-22(28)29)16-5-6-17-15-11-20(26)19-10-14(25)8-9-23(19,2)18(15)12-21(27)24(16,17)3/h13-21,25-27H,4-12H2,1-3H3,(H,28,29)/t13-,14+,15+,16-,17+,18+,19+,20+,21+,23-,24-/m1/s1. The molecule has 11 atom stereocenters. The minimum atomic E-state index is -0.741. The largest absolute Gasteiger partial charge is 0.481 e. The highest BCUT2D eigenvalue weighted by Gasteiger charge is 2.65. The lowest BCUT2D eigenvalue weighted by Crippen LogP contribution is -2.61. The Morgan fingerprint density at radius 1 is 1.00 bits per heavy atom. The average Bonchev–Trinajstić information content (AvgIpc) is 3.02. The summed E-state index contributed by atoms with van der Waals surface area (Å²) in [6.07, 6.45) is 5.97. The van der Waals surface area contributed by atoms with Crippen LogP contribution in [0.4, 0.5) is 0 Å². The third-order valence-corrected chi connectivity index (χ3v) is 10.3.